The van der Waals surface area contributed by atoms with Gasteiger partial charge in [0.25, 0.3) is 5.56 Å². The Morgan fingerprint density at radius 2 is 1.97 bits per heavy atom. The first-order valence-corrected chi connectivity index (χ1v) is 9.45. The summed E-state index contributed by atoms with van der Waals surface area (Å²) < 4.78 is 14.8. The highest BCUT2D eigenvalue weighted by Gasteiger charge is 2.17. The van der Waals surface area contributed by atoms with Gasteiger partial charge in [-0.2, -0.15) is 5.10 Å². The minimum Gasteiger partial charge on any atom is -0.493 e. The Balaban J connectivity index is 1.79. The van der Waals surface area contributed by atoms with E-state index in [9.17, 15) is 19.1 Å². The number of hydrogen-bond acceptors (Lipinski definition) is 5. The van der Waals surface area contributed by atoms with Crippen LogP contribution in [0.4, 0.5) is 10.1 Å². The highest BCUT2D eigenvalue weighted by molar-refractivity contribution is 6.05. The lowest BCUT2D eigenvalue weighted by molar-refractivity contribution is 0.0989. The number of benzene rings is 2. The highest BCUT2D eigenvalue weighted by Crippen LogP contribution is 2.35. The molecule has 0 aliphatic heterocycles. The van der Waals surface area contributed by atoms with Crippen molar-refractivity contribution >= 4 is 33.3 Å². The predicted octanol–water partition coefficient (Wildman–Crippen LogP) is 4.45. The van der Waals surface area contributed by atoms with Gasteiger partial charge in [-0.15, -0.1) is 10.2 Å². The van der Waals surface area contributed by atoms with Crippen molar-refractivity contribution in [2.45, 2.75) is 26.3 Å². The van der Waals surface area contributed by atoms with Gasteiger partial charge in [0, 0.05) is 17.3 Å². The zero-order chi connectivity index (χ0) is 21.3. The number of hydrogen-bond donors (Lipinski definition) is 2. The van der Waals surface area contributed by atoms with Crippen molar-refractivity contribution in [3.05, 3.63) is 64.3 Å². The summed E-state index contributed by atoms with van der Waals surface area (Å²) >= 11 is 0. The molecule has 2 N–H and O–H groups in total. The quantitative estimate of drug-likeness (QED) is 0.476. The van der Waals surface area contributed by atoms with E-state index < -0.39 is 11.7 Å². The Morgan fingerprint density at radius 1 is 1.20 bits per heavy atom. The van der Waals surface area contributed by atoms with Crippen LogP contribution < -0.4 is 5.56 Å². The summed E-state index contributed by atoms with van der Waals surface area (Å²) in [7, 11) is 0. The Labute approximate surface area is 169 Å². The second kappa shape index (κ2) is 7.86. The number of H-pyrrole nitrogens is 1. The molecule has 8 nitrogen and oxygen atoms in total. The van der Waals surface area contributed by atoms with Gasteiger partial charge in [-0.1, -0.05) is 31.5 Å². The van der Waals surface area contributed by atoms with E-state index in [2.05, 4.69) is 20.3 Å². The third-order valence-electron chi connectivity index (χ3n) is 4.75. The van der Waals surface area contributed by atoms with Crippen LogP contribution in [0.25, 0.3) is 21.7 Å². The van der Waals surface area contributed by atoms with Crippen LogP contribution >= 0.6 is 0 Å². The summed E-state index contributed by atoms with van der Waals surface area (Å²) in [5.41, 5.74) is 0.0984. The van der Waals surface area contributed by atoms with Gasteiger partial charge in [0.15, 0.2) is 11.4 Å². The maximum atomic E-state index is 13.6. The number of nitrogens with one attached hydrogen (secondary N) is 1. The molecular weight excluding hydrogens is 389 g/mol. The summed E-state index contributed by atoms with van der Waals surface area (Å²) in [6.07, 6.45) is 1.59. The number of fused-ring (bicyclic) bond motifs is 2. The Bertz CT molecular complexity index is 1360. The Kier molecular flexibility index (Phi) is 5.09. The normalized spacial score (nSPS) is 11.7. The molecule has 2 heterocycles. The standard InChI is InChI=1S/C21H18FN5O3/c1-2-3-10-27-21(30)14-7-5-4-6-13(14)18(26-27)20(29)25-24-17-15-11-12(22)8-9-16(15)23-19(17)28/h4-9,11,23,28H,2-3,10H2,1H3. The predicted molar refractivity (Wildman–Crippen MR) is 110 cm³/mol. The van der Waals surface area contributed by atoms with Crippen molar-refractivity contribution in [2.24, 2.45) is 10.2 Å². The number of nitrogens with zero attached hydrogens (tertiary/aromatic N) is 4. The van der Waals surface area contributed by atoms with Crippen LogP contribution in [0, 0.1) is 5.82 Å². The zero-order valence-electron chi connectivity index (χ0n) is 16.1. The molecule has 152 valence electrons. The number of aromatic amines is 1. The molecule has 1 amide bonds. The summed E-state index contributed by atoms with van der Waals surface area (Å²) in [6.45, 7) is 2.36. The van der Waals surface area contributed by atoms with Crippen LogP contribution in [-0.4, -0.2) is 25.8 Å². The van der Waals surface area contributed by atoms with E-state index in [1.54, 1.807) is 24.3 Å². The highest BCUT2D eigenvalue weighted by atomic mass is 19.1. The summed E-state index contributed by atoms with van der Waals surface area (Å²) in [5.74, 6) is -1.63. The first-order chi connectivity index (χ1) is 14.5. The molecule has 0 saturated heterocycles. The molecule has 9 heteroatoms. The number of aryl methyl sites for hydroxylation is 1. The monoisotopic (exact) mass is 407 g/mol. The van der Waals surface area contributed by atoms with Crippen molar-refractivity contribution in [1.82, 2.24) is 14.8 Å². The van der Waals surface area contributed by atoms with E-state index in [4.69, 9.17) is 0 Å². The molecular formula is C21H18FN5O3. The zero-order valence-corrected chi connectivity index (χ0v) is 16.1. The van der Waals surface area contributed by atoms with Gasteiger partial charge >= 0.3 is 5.91 Å². The largest absolute Gasteiger partial charge is 0.493 e. The van der Waals surface area contributed by atoms with Gasteiger partial charge in [0.1, 0.15) is 5.82 Å². The third-order valence-corrected chi connectivity index (χ3v) is 4.75. The van der Waals surface area contributed by atoms with E-state index in [1.165, 1.54) is 22.9 Å². The molecule has 0 atom stereocenters. The fraction of sp³-hybridized carbons (Fsp3) is 0.190. The molecule has 0 bridgehead atoms. The van der Waals surface area contributed by atoms with Gasteiger partial charge in [-0.05, 0) is 30.7 Å². The van der Waals surface area contributed by atoms with Crippen LogP contribution in [0.1, 0.15) is 30.3 Å². The SMILES string of the molecule is CCCCn1nc(C(=O)N=Nc2c(O)[nH]c3ccc(F)cc23)c2ccccc2c1=O. The van der Waals surface area contributed by atoms with E-state index in [-0.39, 0.29) is 28.2 Å². The lowest BCUT2D eigenvalue weighted by Crippen LogP contribution is -2.25. The lowest BCUT2D eigenvalue weighted by atomic mass is 10.1. The number of amides is 1. The molecule has 0 aliphatic rings. The number of rotatable bonds is 5. The molecule has 0 spiro atoms. The molecule has 2 aromatic carbocycles. The van der Waals surface area contributed by atoms with Gasteiger partial charge in [-0.25, -0.2) is 9.07 Å². The molecule has 4 aromatic rings. The van der Waals surface area contributed by atoms with Crippen molar-refractivity contribution < 1.29 is 14.3 Å². The van der Waals surface area contributed by atoms with Crippen LogP contribution in [0.3, 0.4) is 0 Å². The van der Waals surface area contributed by atoms with Gasteiger partial charge in [0.2, 0.25) is 5.88 Å². The first-order valence-electron chi connectivity index (χ1n) is 9.45. The fourth-order valence-electron chi connectivity index (χ4n) is 3.23. The molecule has 0 saturated carbocycles. The van der Waals surface area contributed by atoms with Crippen molar-refractivity contribution in [2.75, 3.05) is 0 Å². The molecule has 0 fully saturated rings. The molecule has 2 aromatic heterocycles. The summed E-state index contributed by atoms with van der Waals surface area (Å²) in [4.78, 5) is 28.1. The molecule has 4 rings (SSSR count). The van der Waals surface area contributed by atoms with Crippen LogP contribution in [0.15, 0.2) is 57.5 Å². The molecule has 0 aliphatic carbocycles. The van der Waals surface area contributed by atoms with Crippen LogP contribution in [0.2, 0.25) is 0 Å². The van der Waals surface area contributed by atoms with Crippen molar-refractivity contribution in [3.8, 4) is 5.88 Å². The van der Waals surface area contributed by atoms with Gasteiger partial charge in [-0.3, -0.25) is 9.59 Å². The lowest BCUT2D eigenvalue weighted by Gasteiger charge is -2.08. The molecule has 0 unspecified atom stereocenters. The maximum Gasteiger partial charge on any atom is 0.316 e. The smallest absolute Gasteiger partial charge is 0.316 e. The molecule has 30 heavy (non-hydrogen) atoms. The van der Waals surface area contributed by atoms with E-state index in [0.717, 1.165) is 12.8 Å². The summed E-state index contributed by atoms with van der Waals surface area (Å²) in [6, 6.07) is 10.5. The van der Waals surface area contributed by atoms with E-state index >= 15 is 0 Å². The minimum absolute atomic E-state index is 0.0180. The summed E-state index contributed by atoms with van der Waals surface area (Å²) in [5, 5.41) is 22.8. The topological polar surface area (TPSA) is 113 Å². The van der Waals surface area contributed by atoms with Gasteiger partial charge in [0.05, 0.1) is 10.9 Å². The number of unbranched alkanes of at least 4 members (excludes halogenated alkanes) is 1. The van der Waals surface area contributed by atoms with Crippen LogP contribution in [-0.2, 0) is 6.54 Å². The van der Waals surface area contributed by atoms with Crippen LogP contribution in [0.5, 0.6) is 5.88 Å². The fourth-order valence-corrected chi connectivity index (χ4v) is 3.23. The third kappa shape index (κ3) is 3.45. The average molecular weight is 407 g/mol. The van der Waals surface area contributed by atoms with Crippen molar-refractivity contribution in [3.63, 3.8) is 0 Å². The number of halogens is 1. The maximum absolute atomic E-state index is 13.6. The number of carbonyl (C=O) groups is 1. The number of azo groups is 1. The second-order valence-corrected chi connectivity index (χ2v) is 6.79. The minimum atomic E-state index is -0.776. The van der Waals surface area contributed by atoms with Crippen molar-refractivity contribution in [1.29, 1.82) is 0 Å². The number of aromatic nitrogens is 3. The Hall–Kier alpha value is -3.88. The average Bonchev–Trinajstić information content (AvgIpc) is 3.06. The van der Waals surface area contributed by atoms with Gasteiger partial charge < -0.3 is 10.1 Å². The van der Waals surface area contributed by atoms with E-state index in [0.29, 0.717) is 22.8 Å². The Morgan fingerprint density at radius 3 is 2.73 bits per heavy atom. The molecule has 0 radical (unpaired) electrons. The number of carbonyl (C=O) groups excluding carboxylic acids is 1. The second-order valence-electron chi connectivity index (χ2n) is 6.79. The number of aromatic hydroxyl groups is 1. The van der Waals surface area contributed by atoms with E-state index in [1.807, 2.05) is 6.92 Å². The first kappa shape index (κ1) is 19.4.